The van der Waals surface area contributed by atoms with Gasteiger partial charge in [-0.2, -0.15) is 0 Å². The molecule has 91 heavy (non-hydrogen) atoms. The Bertz CT molecular complexity index is 1890. The lowest BCUT2D eigenvalue weighted by molar-refractivity contribution is -0.379. The minimum absolute atomic E-state index is 0.230. The summed E-state index contributed by atoms with van der Waals surface area (Å²) < 4.78 is 34.3. The maximum Gasteiger partial charge on any atom is 0.220 e. The van der Waals surface area contributed by atoms with Crippen molar-refractivity contribution in [2.45, 2.75) is 362 Å². The van der Waals surface area contributed by atoms with Gasteiger partial charge in [0.05, 0.1) is 38.6 Å². The summed E-state index contributed by atoms with van der Waals surface area (Å²) in [6.45, 7) is 1.71. The minimum Gasteiger partial charge on any atom is -0.394 e. The lowest BCUT2D eigenvalue weighted by Crippen LogP contribution is -2.66. The smallest absolute Gasteiger partial charge is 0.220 e. The molecule has 3 aliphatic heterocycles. The van der Waals surface area contributed by atoms with Crippen molar-refractivity contribution in [2.24, 2.45) is 0 Å². The van der Waals surface area contributed by atoms with Crippen LogP contribution < -0.4 is 5.32 Å². The van der Waals surface area contributed by atoms with E-state index < -0.39 is 124 Å². The topological polar surface area (TPSA) is 307 Å². The van der Waals surface area contributed by atoms with Gasteiger partial charge >= 0.3 is 0 Å². The number of aliphatic hydroxyl groups excluding tert-OH is 11. The van der Waals surface area contributed by atoms with Gasteiger partial charge in [0.15, 0.2) is 18.9 Å². The van der Waals surface area contributed by atoms with Gasteiger partial charge in [0, 0.05) is 6.42 Å². The largest absolute Gasteiger partial charge is 0.394 e. The fourth-order valence-corrected chi connectivity index (χ4v) is 11.9. The molecular weight excluding hydrogens is 1170 g/mol. The Kier molecular flexibility index (Phi) is 48.7. The number of unbranched alkanes of at least 4 members (excludes halogenated alkanes) is 31. The summed E-state index contributed by atoms with van der Waals surface area (Å²) in [6.07, 6.45) is 39.1. The Balaban J connectivity index is 1.44. The van der Waals surface area contributed by atoms with Gasteiger partial charge in [0.1, 0.15) is 73.2 Å². The molecule has 0 aliphatic carbocycles. The lowest BCUT2D eigenvalue weighted by Gasteiger charge is -2.48. The molecule has 3 heterocycles. The highest BCUT2D eigenvalue weighted by Crippen LogP contribution is 2.33. The van der Waals surface area contributed by atoms with Crippen molar-refractivity contribution < 1.29 is 89.4 Å². The van der Waals surface area contributed by atoms with E-state index in [2.05, 4.69) is 67.8 Å². The quantitative estimate of drug-likeness (QED) is 0.0199. The van der Waals surface area contributed by atoms with Crippen LogP contribution in [0.5, 0.6) is 0 Å². The van der Waals surface area contributed by atoms with Gasteiger partial charge in [-0.05, 0) is 77.0 Å². The van der Waals surface area contributed by atoms with Crippen molar-refractivity contribution in [3.8, 4) is 0 Å². The molecule has 0 saturated carbocycles. The van der Waals surface area contributed by atoms with E-state index in [1.807, 2.05) is 6.08 Å². The summed E-state index contributed by atoms with van der Waals surface area (Å²) >= 11 is 0. The van der Waals surface area contributed by atoms with Crippen LogP contribution in [0.1, 0.15) is 258 Å². The zero-order chi connectivity index (χ0) is 66.1. The SMILES string of the molecule is CCCCCCC/C=C\C/C=C\CCCCCCCCCCCCCCCC(=O)NC(COC1OC(CO)C(OC2OC(CO)C(OC3OC(CO)C(O)C(O)C3O)C(O)C2O)C(O)C1O)C(O)/C=C/CC/C=C/CC/C=C/CCCCCCCCCCCCC. The van der Waals surface area contributed by atoms with Gasteiger partial charge in [-0.1, -0.05) is 235 Å². The lowest BCUT2D eigenvalue weighted by atomic mass is 9.96. The van der Waals surface area contributed by atoms with Gasteiger partial charge in [-0.3, -0.25) is 4.79 Å². The first-order valence-corrected chi connectivity index (χ1v) is 36.0. The number of hydrogen-bond acceptors (Lipinski definition) is 18. The number of nitrogens with one attached hydrogen (secondary N) is 1. The van der Waals surface area contributed by atoms with Crippen molar-refractivity contribution in [1.82, 2.24) is 5.32 Å². The second kappa shape index (κ2) is 53.6. The van der Waals surface area contributed by atoms with Crippen LogP contribution in [-0.2, 0) is 33.2 Å². The molecule has 0 spiro atoms. The third kappa shape index (κ3) is 35.4. The normalized spacial score (nSPS) is 28.2. The number of amides is 1. The molecule has 3 aliphatic rings. The highest BCUT2D eigenvalue weighted by atomic mass is 16.8. The summed E-state index contributed by atoms with van der Waals surface area (Å²) in [6, 6.07) is -0.999. The Labute approximate surface area is 547 Å². The number of carbonyl (C=O) groups is 1. The average molecular weight is 1300 g/mol. The predicted molar refractivity (Wildman–Crippen MR) is 355 cm³/mol. The van der Waals surface area contributed by atoms with Crippen molar-refractivity contribution in [3.63, 3.8) is 0 Å². The highest BCUT2D eigenvalue weighted by Gasteiger charge is 2.53. The van der Waals surface area contributed by atoms with E-state index in [-0.39, 0.29) is 18.9 Å². The average Bonchev–Trinajstić information content (AvgIpc) is 0.883. The van der Waals surface area contributed by atoms with E-state index >= 15 is 0 Å². The van der Waals surface area contributed by atoms with E-state index in [1.54, 1.807) is 6.08 Å². The Hall–Kier alpha value is -2.51. The Morgan fingerprint density at radius 2 is 0.736 bits per heavy atom. The molecule has 0 aromatic rings. The van der Waals surface area contributed by atoms with Gasteiger partial charge in [0.2, 0.25) is 5.91 Å². The monoisotopic (exact) mass is 1300 g/mol. The summed E-state index contributed by atoms with van der Waals surface area (Å²) in [4.78, 5) is 13.4. The van der Waals surface area contributed by atoms with Crippen LogP contribution >= 0.6 is 0 Å². The van der Waals surface area contributed by atoms with Gasteiger partial charge < -0.3 is 89.9 Å². The van der Waals surface area contributed by atoms with Crippen LogP contribution in [0.4, 0.5) is 0 Å². The number of aliphatic hydroxyl groups is 11. The predicted octanol–water partition coefficient (Wildman–Crippen LogP) is 9.94. The second-order valence-corrected chi connectivity index (χ2v) is 25.7. The van der Waals surface area contributed by atoms with E-state index in [0.29, 0.717) is 12.8 Å². The first-order chi connectivity index (χ1) is 44.3. The summed E-state index contributed by atoms with van der Waals surface area (Å²) in [5, 5.41) is 121. The summed E-state index contributed by atoms with van der Waals surface area (Å²) in [5.41, 5.74) is 0. The highest BCUT2D eigenvalue weighted by molar-refractivity contribution is 5.76. The molecule has 17 atom stereocenters. The van der Waals surface area contributed by atoms with E-state index in [9.17, 15) is 61.0 Å². The van der Waals surface area contributed by atoms with Crippen molar-refractivity contribution in [1.29, 1.82) is 0 Å². The maximum atomic E-state index is 13.4. The van der Waals surface area contributed by atoms with Crippen LogP contribution in [0.15, 0.2) is 60.8 Å². The van der Waals surface area contributed by atoms with Gasteiger partial charge in [0.25, 0.3) is 0 Å². The zero-order valence-corrected chi connectivity index (χ0v) is 56.1. The molecule has 0 aromatic heterocycles. The number of hydrogen-bond donors (Lipinski definition) is 12. The van der Waals surface area contributed by atoms with E-state index in [4.69, 9.17) is 28.4 Å². The first kappa shape index (κ1) is 82.7. The maximum absolute atomic E-state index is 13.4. The third-order valence-electron chi connectivity index (χ3n) is 17.8. The zero-order valence-electron chi connectivity index (χ0n) is 56.1. The van der Waals surface area contributed by atoms with Crippen LogP contribution in [0.2, 0.25) is 0 Å². The van der Waals surface area contributed by atoms with E-state index in [0.717, 1.165) is 51.4 Å². The molecule has 1 amide bonds. The molecular formula is C72H129NO18. The molecule has 0 bridgehead atoms. The molecule has 530 valence electrons. The van der Waals surface area contributed by atoms with Crippen LogP contribution in [0.25, 0.3) is 0 Å². The van der Waals surface area contributed by atoms with Crippen LogP contribution in [-0.4, -0.2) is 193 Å². The molecule has 0 aromatic carbocycles. The molecule has 3 rings (SSSR count). The second-order valence-electron chi connectivity index (χ2n) is 25.7. The standard InChI is InChI=1S/C72H129NO18/c1-3-5-7-9-11-13-15-17-19-21-23-25-26-27-28-30-32-34-36-38-40-42-44-46-48-50-60(78)73-55(56(77)49-47-45-43-41-39-37-35-33-31-29-24-22-20-18-16-14-12-10-8-6-4-2)54-86-70-66(84)63(81)68(58(52-75)88-70)91-72-67(85)64(82)69(59(53-76)89-72)90-71-65(83)62(80)61(79)57(51-74)87-71/h15,17,21,23,31,33,39,41,47,49,55-59,61-72,74-77,79-85H,3-14,16,18-20,22,24-30,32,34-38,40,42-46,48,50-54H2,1-2H3,(H,73,78)/b17-15-,23-21-,33-31+,41-39+,49-47+. The fraction of sp³-hybridized carbons (Fsp3) is 0.847. The Morgan fingerprint density at radius 1 is 0.396 bits per heavy atom. The molecule has 3 fully saturated rings. The molecule has 0 radical (unpaired) electrons. The molecule has 17 unspecified atom stereocenters. The van der Waals surface area contributed by atoms with Crippen molar-refractivity contribution >= 4 is 5.91 Å². The van der Waals surface area contributed by atoms with Gasteiger partial charge in [-0.25, -0.2) is 0 Å². The molecule has 12 N–H and O–H groups in total. The van der Waals surface area contributed by atoms with Crippen molar-refractivity contribution in [2.75, 3.05) is 26.4 Å². The van der Waals surface area contributed by atoms with E-state index in [1.165, 1.54) is 173 Å². The molecule has 19 nitrogen and oxygen atoms in total. The Morgan fingerprint density at radius 3 is 1.16 bits per heavy atom. The van der Waals surface area contributed by atoms with Gasteiger partial charge in [-0.15, -0.1) is 0 Å². The minimum atomic E-state index is -1.98. The summed E-state index contributed by atoms with van der Waals surface area (Å²) in [5.74, 6) is -0.290. The number of ether oxygens (including phenoxy) is 6. The first-order valence-electron chi connectivity index (χ1n) is 36.0. The number of allylic oxidation sites excluding steroid dienone is 9. The van der Waals surface area contributed by atoms with Crippen LogP contribution in [0, 0.1) is 0 Å². The van der Waals surface area contributed by atoms with Crippen LogP contribution in [0.3, 0.4) is 0 Å². The number of rotatable bonds is 55. The molecule has 19 heteroatoms. The molecule has 3 saturated heterocycles. The van der Waals surface area contributed by atoms with Crippen molar-refractivity contribution in [3.05, 3.63) is 60.8 Å². The fourth-order valence-electron chi connectivity index (χ4n) is 11.9. The summed E-state index contributed by atoms with van der Waals surface area (Å²) in [7, 11) is 0. The number of carbonyl (C=O) groups excluding carboxylic acids is 1. The third-order valence-corrected chi connectivity index (χ3v) is 17.8.